The van der Waals surface area contributed by atoms with Gasteiger partial charge in [0.25, 0.3) is 11.5 Å². The van der Waals surface area contributed by atoms with E-state index in [0.717, 1.165) is 35.4 Å². The van der Waals surface area contributed by atoms with Crippen LogP contribution in [0.15, 0.2) is 65.5 Å². The summed E-state index contributed by atoms with van der Waals surface area (Å²) in [5, 5.41) is 23.1. The molecule has 1 unspecified atom stereocenters. The summed E-state index contributed by atoms with van der Waals surface area (Å²) >= 11 is 0. The van der Waals surface area contributed by atoms with Gasteiger partial charge in [0, 0.05) is 51.4 Å². The summed E-state index contributed by atoms with van der Waals surface area (Å²) in [6.07, 6.45) is 0.318. The average Bonchev–Trinajstić information content (AvgIpc) is 3.01. The number of anilines is 2. The van der Waals surface area contributed by atoms with Gasteiger partial charge in [-0.3, -0.25) is 24.6 Å². The molecule has 2 amide bonds. The van der Waals surface area contributed by atoms with Crippen LogP contribution in [0, 0.1) is 17.1 Å². The fourth-order valence-electron chi connectivity index (χ4n) is 5.64. The van der Waals surface area contributed by atoms with E-state index < -0.39 is 17.5 Å². The summed E-state index contributed by atoms with van der Waals surface area (Å²) in [5.74, 6) is -1.30. The van der Waals surface area contributed by atoms with Crippen LogP contribution in [-0.4, -0.2) is 57.9 Å². The second-order valence-corrected chi connectivity index (χ2v) is 10.7. The van der Waals surface area contributed by atoms with Crippen LogP contribution < -0.4 is 21.1 Å². The molecule has 0 radical (unpaired) electrons. The minimum absolute atomic E-state index is 0.129. The van der Waals surface area contributed by atoms with Gasteiger partial charge >= 0.3 is 0 Å². The zero-order chi connectivity index (χ0) is 29.9. The number of hydrogen-bond donors (Lipinski definition) is 2. The Balaban J connectivity index is 1.11. The normalized spacial score (nSPS) is 17.5. The molecule has 11 nitrogen and oxygen atoms in total. The van der Waals surface area contributed by atoms with Crippen molar-refractivity contribution < 1.29 is 14.0 Å². The van der Waals surface area contributed by atoms with E-state index in [0.29, 0.717) is 47.5 Å². The summed E-state index contributed by atoms with van der Waals surface area (Å²) in [7, 11) is 0. The van der Waals surface area contributed by atoms with E-state index in [1.54, 1.807) is 30.3 Å². The van der Waals surface area contributed by atoms with Gasteiger partial charge in [0.2, 0.25) is 5.91 Å². The molecule has 0 aliphatic carbocycles. The van der Waals surface area contributed by atoms with Crippen molar-refractivity contribution in [3.8, 4) is 6.07 Å². The van der Waals surface area contributed by atoms with Gasteiger partial charge in [0.1, 0.15) is 17.4 Å². The van der Waals surface area contributed by atoms with Crippen molar-refractivity contribution >= 4 is 34.1 Å². The third-order valence-electron chi connectivity index (χ3n) is 7.89. The standard InChI is InChI=1S/C31H29FN8O3/c32-23-16-20(17-33)7-8-26(23)39-13-11-38(12-14-39)19-22-4-1-3-21(15-22)18-34-24-5-2-6-25-29(24)31(43)40(37-36-25)27-9-10-28(41)35-30(27)42/h1-8,15-16,27,34H,9-14,18-19H2,(H,35,41,42). The SMILES string of the molecule is N#Cc1ccc(N2CCN(Cc3cccc(CNc4cccc5nnn(C6CCC(=O)NC6=O)c(=O)c45)c3)CC2)c(F)c1. The molecule has 43 heavy (non-hydrogen) atoms. The van der Waals surface area contributed by atoms with Crippen LogP contribution in [0.3, 0.4) is 0 Å². The maximum Gasteiger partial charge on any atom is 0.280 e. The number of piperazine rings is 1. The third-order valence-corrected chi connectivity index (χ3v) is 7.89. The number of benzene rings is 3. The number of nitrogens with zero attached hydrogens (tertiary/aromatic N) is 6. The number of hydrogen-bond acceptors (Lipinski definition) is 9. The first-order chi connectivity index (χ1) is 20.9. The molecule has 1 aromatic heterocycles. The third kappa shape index (κ3) is 5.93. The van der Waals surface area contributed by atoms with Crippen LogP contribution in [0.5, 0.6) is 0 Å². The molecule has 2 N–H and O–H groups in total. The molecule has 3 aromatic carbocycles. The van der Waals surface area contributed by atoms with Crippen molar-refractivity contribution in [3.05, 3.63) is 93.5 Å². The molecular weight excluding hydrogens is 551 g/mol. The number of rotatable bonds is 7. The summed E-state index contributed by atoms with van der Waals surface area (Å²) in [6.45, 7) is 4.13. The number of carbonyl (C=O) groups excluding carboxylic acids is 2. The lowest BCUT2D eigenvalue weighted by Crippen LogP contribution is -2.46. The highest BCUT2D eigenvalue weighted by atomic mass is 19.1. The lowest BCUT2D eigenvalue weighted by Gasteiger charge is -2.36. The molecule has 6 rings (SSSR count). The van der Waals surface area contributed by atoms with Crippen LogP contribution in [0.2, 0.25) is 0 Å². The zero-order valence-electron chi connectivity index (χ0n) is 23.3. The van der Waals surface area contributed by atoms with Crippen molar-refractivity contribution in [1.82, 2.24) is 25.2 Å². The van der Waals surface area contributed by atoms with Crippen LogP contribution in [0.25, 0.3) is 10.9 Å². The molecule has 218 valence electrons. The number of nitriles is 1. The van der Waals surface area contributed by atoms with E-state index in [9.17, 15) is 18.8 Å². The first-order valence-electron chi connectivity index (χ1n) is 14.1. The van der Waals surface area contributed by atoms with Crippen molar-refractivity contribution in [2.75, 3.05) is 36.4 Å². The lowest BCUT2D eigenvalue weighted by molar-refractivity contribution is -0.136. The quantitative estimate of drug-likeness (QED) is 0.316. The Labute approximate surface area is 246 Å². The summed E-state index contributed by atoms with van der Waals surface area (Å²) in [5.41, 5.74) is 3.54. The summed E-state index contributed by atoms with van der Waals surface area (Å²) < 4.78 is 15.5. The van der Waals surface area contributed by atoms with E-state index in [-0.39, 0.29) is 24.6 Å². The number of amides is 2. The van der Waals surface area contributed by atoms with Crippen molar-refractivity contribution in [2.24, 2.45) is 0 Å². The molecule has 2 fully saturated rings. The first kappa shape index (κ1) is 28.0. The molecule has 2 aliphatic rings. The molecule has 0 spiro atoms. The second kappa shape index (κ2) is 12.0. The molecular formula is C31H29FN8O3. The molecule has 1 atom stereocenters. The Bertz CT molecular complexity index is 1810. The molecule has 12 heteroatoms. The topological polar surface area (TPSA) is 136 Å². The Morgan fingerprint density at radius 1 is 1.00 bits per heavy atom. The average molecular weight is 581 g/mol. The van der Waals surface area contributed by atoms with E-state index in [1.807, 2.05) is 23.1 Å². The van der Waals surface area contributed by atoms with Gasteiger partial charge in [-0.05, 0) is 47.9 Å². The van der Waals surface area contributed by atoms with Crippen LogP contribution in [-0.2, 0) is 22.7 Å². The van der Waals surface area contributed by atoms with Gasteiger partial charge in [0.05, 0.1) is 22.7 Å². The predicted octanol–water partition coefficient (Wildman–Crippen LogP) is 2.71. The lowest BCUT2D eigenvalue weighted by atomic mass is 10.1. The van der Waals surface area contributed by atoms with Crippen LogP contribution in [0.4, 0.5) is 15.8 Å². The monoisotopic (exact) mass is 580 g/mol. The van der Waals surface area contributed by atoms with Gasteiger partial charge in [-0.2, -0.15) is 9.94 Å². The highest BCUT2D eigenvalue weighted by Gasteiger charge is 2.30. The predicted molar refractivity (Wildman–Crippen MR) is 158 cm³/mol. The number of halogens is 1. The fourth-order valence-corrected chi connectivity index (χ4v) is 5.64. The van der Waals surface area contributed by atoms with Gasteiger partial charge < -0.3 is 10.2 Å². The van der Waals surface area contributed by atoms with E-state index in [1.165, 1.54) is 6.07 Å². The Morgan fingerprint density at radius 3 is 2.56 bits per heavy atom. The number of nitrogens with one attached hydrogen (secondary N) is 2. The summed E-state index contributed by atoms with van der Waals surface area (Å²) in [6, 6.07) is 19.1. The molecule has 4 aromatic rings. The molecule has 0 bridgehead atoms. The second-order valence-electron chi connectivity index (χ2n) is 10.7. The van der Waals surface area contributed by atoms with Crippen LogP contribution >= 0.6 is 0 Å². The minimum atomic E-state index is -0.892. The number of carbonyl (C=O) groups is 2. The van der Waals surface area contributed by atoms with Gasteiger partial charge in [0.15, 0.2) is 0 Å². The number of piperidine rings is 1. The number of imide groups is 1. The highest BCUT2D eigenvalue weighted by Crippen LogP contribution is 2.24. The van der Waals surface area contributed by atoms with E-state index >= 15 is 0 Å². The first-order valence-corrected chi connectivity index (χ1v) is 14.1. The number of aromatic nitrogens is 3. The van der Waals surface area contributed by atoms with Crippen LogP contribution in [0.1, 0.15) is 35.6 Å². The minimum Gasteiger partial charge on any atom is -0.380 e. The Kier molecular flexibility index (Phi) is 7.81. The van der Waals surface area contributed by atoms with E-state index in [4.69, 9.17) is 5.26 Å². The fraction of sp³-hybridized carbons (Fsp3) is 0.290. The largest absolute Gasteiger partial charge is 0.380 e. The van der Waals surface area contributed by atoms with Crippen molar-refractivity contribution in [2.45, 2.75) is 32.0 Å². The molecule has 2 aliphatic heterocycles. The summed E-state index contributed by atoms with van der Waals surface area (Å²) in [4.78, 5) is 41.7. The maximum atomic E-state index is 14.5. The zero-order valence-corrected chi connectivity index (χ0v) is 23.3. The van der Waals surface area contributed by atoms with Gasteiger partial charge in [-0.25, -0.2) is 4.39 Å². The Hall–Kier alpha value is -5.15. The molecule has 0 saturated carbocycles. The maximum absolute atomic E-state index is 14.5. The van der Waals surface area contributed by atoms with Crippen molar-refractivity contribution in [3.63, 3.8) is 0 Å². The highest BCUT2D eigenvalue weighted by molar-refractivity contribution is 5.99. The molecule has 3 heterocycles. The van der Waals surface area contributed by atoms with Gasteiger partial charge in [-0.1, -0.05) is 35.5 Å². The molecule has 2 saturated heterocycles. The smallest absolute Gasteiger partial charge is 0.280 e. The van der Waals surface area contributed by atoms with E-state index in [2.05, 4.69) is 38.0 Å². The Morgan fingerprint density at radius 2 is 1.79 bits per heavy atom. The van der Waals surface area contributed by atoms with Gasteiger partial charge in [-0.15, -0.1) is 5.10 Å². The van der Waals surface area contributed by atoms with Crippen molar-refractivity contribution in [1.29, 1.82) is 5.26 Å². The number of fused-ring (bicyclic) bond motifs is 1.